The van der Waals surface area contributed by atoms with E-state index in [1.165, 1.54) is 0 Å². The summed E-state index contributed by atoms with van der Waals surface area (Å²) in [4.78, 5) is 13.1. The second kappa shape index (κ2) is 5.81. The van der Waals surface area contributed by atoms with Crippen molar-refractivity contribution in [2.45, 2.75) is 0 Å². The average Bonchev–Trinajstić information content (AvgIpc) is 3.04. The molecule has 0 saturated carbocycles. The quantitative estimate of drug-likeness (QED) is 0.691. The van der Waals surface area contributed by atoms with Crippen molar-refractivity contribution in [2.24, 2.45) is 0 Å². The minimum absolute atomic E-state index is 0.339. The van der Waals surface area contributed by atoms with Crippen LogP contribution >= 0.6 is 0 Å². The largest absolute Gasteiger partial charge is 0.416 e. The van der Waals surface area contributed by atoms with Crippen molar-refractivity contribution in [1.82, 2.24) is 10.2 Å². The average molecular weight is 293 g/mol. The molecule has 5 heteroatoms. The number of para-hydroxylation sites is 1. The summed E-state index contributed by atoms with van der Waals surface area (Å²) < 4.78 is 5.78. The van der Waals surface area contributed by atoms with E-state index in [9.17, 15) is 4.79 Å². The molecule has 3 aromatic rings. The molecule has 0 bridgehead atoms. The van der Waals surface area contributed by atoms with E-state index in [0.717, 1.165) is 17.5 Å². The van der Waals surface area contributed by atoms with Gasteiger partial charge in [-0.25, -0.2) is 0 Å². The fourth-order valence-corrected chi connectivity index (χ4v) is 2.28. The van der Waals surface area contributed by atoms with Crippen LogP contribution in [0.25, 0.3) is 22.9 Å². The van der Waals surface area contributed by atoms with Gasteiger partial charge < -0.3 is 9.32 Å². The number of carbonyl (C=O) groups excluding carboxylic acids is 1. The van der Waals surface area contributed by atoms with Gasteiger partial charge in [0, 0.05) is 30.9 Å². The van der Waals surface area contributed by atoms with Gasteiger partial charge in [0.2, 0.25) is 11.8 Å². The summed E-state index contributed by atoms with van der Waals surface area (Å²) in [5.74, 6) is 0.770. The van der Waals surface area contributed by atoms with E-state index in [2.05, 4.69) is 10.2 Å². The van der Waals surface area contributed by atoms with Crippen LogP contribution in [0, 0.1) is 0 Å². The lowest BCUT2D eigenvalue weighted by Crippen LogP contribution is -2.09. The Labute approximate surface area is 128 Å². The van der Waals surface area contributed by atoms with Gasteiger partial charge in [-0.05, 0) is 18.2 Å². The lowest BCUT2D eigenvalue weighted by molar-refractivity contribution is 0.112. The fraction of sp³-hybridized carbons (Fsp3) is 0.118. The molecule has 0 fully saturated rings. The number of anilines is 1. The molecule has 5 nitrogen and oxygen atoms in total. The minimum Gasteiger partial charge on any atom is -0.416 e. The summed E-state index contributed by atoms with van der Waals surface area (Å²) >= 11 is 0. The van der Waals surface area contributed by atoms with Gasteiger partial charge >= 0.3 is 0 Å². The van der Waals surface area contributed by atoms with Gasteiger partial charge in [0.05, 0.1) is 5.56 Å². The fourth-order valence-electron chi connectivity index (χ4n) is 2.28. The van der Waals surface area contributed by atoms with Gasteiger partial charge in [0.1, 0.15) is 0 Å². The Bertz CT molecular complexity index is 809. The first-order valence-electron chi connectivity index (χ1n) is 6.85. The van der Waals surface area contributed by atoms with Crippen LogP contribution in [0.15, 0.2) is 52.9 Å². The van der Waals surface area contributed by atoms with Crippen molar-refractivity contribution >= 4 is 12.0 Å². The van der Waals surface area contributed by atoms with Gasteiger partial charge in [-0.3, -0.25) is 4.79 Å². The molecule has 1 heterocycles. The zero-order valence-corrected chi connectivity index (χ0v) is 12.4. The zero-order chi connectivity index (χ0) is 15.5. The molecule has 2 aromatic carbocycles. The highest BCUT2D eigenvalue weighted by molar-refractivity contribution is 5.85. The zero-order valence-electron chi connectivity index (χ0n) is 12.4. The molecule has 0 spiro atoms. The Kier molecular flexibility index (Phi) is 3.70. The van der Waals surface area contributed by atoms with Gasteiger partial charge in [-0.15, -0.1) is 10.2 Å². The predicted molar refractivity (Wildman–Crippen MR) is 84.9 cm³/mol. The molecule has 0 atom stereocenters. The number of nitrogens with zero attached hydrogens (tertiary/aromatic N) is 3. The van der Waals surface area contributed by atoms with E-state index in [1.54, 1.807) is 18.2 Å². The molecule has 0 unspecified atom stereocenters. The lowest BCUT2D eigenvalue weighted by Gasteiger charge is -2.14. The summed E-state index contributed by atoms with van der Waals surface area (Å²) in [5, 5.41) is 8.20. The van der Waals surface area contributed by atoms with Gasteiger partial charge in [-0.1, -0.05) is 30.3 Å². The molecule has 3 rings (SSSR count). The second-order valence-electron chi connectivity index (χ2n) is 5.03. The monoisotopic (exact) mass is 293 g/mol. The van der Waals surface area contributed by atoms with Crippen molar-refractivity contribution < 1.29 is 9.21 Å². The Morgan fingerprint density at radius 1 is 0.909 bits per heavy atom. The molecule has 0 amide bonds. The van der Waals surface area contributed by atoms with Crippen molar-refractivity contribution in [3.8, 4) is 22.9 Å². The molecule has 0 radical (unpaired) electrons. The van der Waals surface area contributed by atoms with E-state index in [1.807, 2.05) is 49.3 Å². The molecular formula is C17H15N3O2. The van der Waals surface area contributed by atoms with Crippen LogP contribution in [0.4, 0.5) is 5.69 Å². The van der Waals surface area contributed by atoms with Crippen LogP contribution < -0.4 is 4.90 Å². The van der Waals surface area contributed by atoms with E-state index in [-0.39, 0.29) is 0 Å². The normalized spacial score (nSPS) is 10.5. The maximum absolute atomic E-state index is 11.1. The van der Waals surface area contributed by atoms with E-state index >= 15 is 0 Å². The van der Waals surface area contributed by atoms with Crippen LogP contribution in [0.1, 0.15) is 10.4 Å². The summed E-state index contributed by atoms with van der Waals surface area (Å²) in [6.45, 7) is 0. The number of rotatable bonds is 4. The van der Waals surface area contributed by atoms with E-state index in [0.29, 0.717) is 22.9 Å². The van der Waals surface area contributed by atoms with Crippen molar-refractivity contribution in [1.29, 1.82) is 0 Å². The second-order valence-corrected chi connectivity index (χ2v) is 5.03. The van der Waals surface area contributed by atoms with E-state index < -0.39 is 0 Å². The van der Waals surface area contributed by atoms with Crippen LogP contribution in [-0.4, -0.2) is 30.6 Å². The standard InChI is InChI=1S/C17H15N3O2/c1-20(2)15-10-6-5-9-14(15)17-19-18-16(22-17)13-8-4-3-7-12(13)11-21/h3-11H,1-2H3. The summed E-state index contributed by atoms with van der Waals surface area (Å²) in [6.07, 6.45) is 0.785. The number of hydrogen-bond acceptors (Lipinski definition) is 5. The smallest absolute Gasteiger partial charge is 0.250 e. The van der Waals surface area contributed by atoms with Crippen LogP contribution in [-0.2, 0) is 0 Å². The van der Waals surface area contributed by atoms with Crippen molar-refractivity contribution in [3.05, 3.63) is 54.1 Å². The highest BCUT2D eigenvalue weighted by Crippen LogP contribution is 2.31. The van der Waals surface area contributed by atoms with Gasteiger partial charge in [-0.2, -0.15) is 0 Å². The van der Waals surface area contributed by atoms with Crippen molar-refractivity contribution in [2.75, 3.05) is 19.0 Å². The predicted octanol–water partition coefficient (Wildman–Crippen LogP) is 3.28. The first-order chi connectivity index (χ1) is 10.7. The molecule has 0 saturated heterocycles. The van der Waals surface area contributed by atoms with Crippen LogP contribution in [0.2, 0.25) is 0 Å². The summed E-state index contributed by atoms with van der Waals surface area (Å²) in [6, 6.07) is 14.9. The topological polar surface area (TPSA) is 59.2 Å². The Morgan fingerprint density at radius 3 is 2.18 bits per heavy atom. The molecule has 0 aliphatic carbocycles. The lowest BCUT2D eigenvalue weighted by atomic mass is 10.1. The molecule has 0 aliphatic rings. The summed E-state index contributed by atoms with van der Waals surface area (Å²) in [7, 11) is 3.91. The Morgan fingerprint density at radius 2 is 1.50 bits per heavy atom. The third kappa shape index (κ3) is 2.48. The van der Waals surface area contributed by atoms with Gasteiger partial charge in [0.15, 0.2) is 6.29 Å². The molecule has 22 heavy (non-hydrogen) atoms. The van der Waals surface area contributed by atoms with Crippen molar-refractivity contribution in [3.63, 3.8) is 0 Å². The number of aldehydes is 1. The first kappa shape index (κ1) is 14.0. The maximum atomic E-state index is 11.1. The number of aromatic nitrogens is 2. The van der Waals surface area contributed by atoms with Gasteiger partial charge in [0.25, 0.3) is 0 Å². The summed E-state index contributed by atoms with van der Waals surface area (Å²) in [5.41, 5.74) is 3.01. The molecule has 0 aliphatic heterocycles. The minimum atomic E-state index is 0.339. The first-order valence-corrected chi connectivity index (χ1v) is 6.85. The Balaban J connectivity index is 2.07. The maximum Gasteiger partial charge on any atom is 0.250 e. The highest BCUT2D eigenvalue weighted by atomic mass is 16.4. The number of hydrogen-bond donors (Lipinski definition) is 0. The number of carbonyl (C=O) groups is 1. The third-order valence-corrected chi connectivity index (χ3v) is 3.36. The highest BCUT2D eigenvalue weighted by Gasteiger charge is 2.16. The molecule has 110 valence electrons. The molecule has 0 N–H and O–H groups in total. The third-order valence-electron chi connectivity index (χ3n) is 3.36. The van der Waals surface area contributed by atoms with Crippen LogP contribution in [0.3, 0.4) is 0 Å². The van der Waals surface area contributed by atoms with E-state index in [4.69, 9.17) is 4.42 Å². The molecular weight excluding hydrogens is 278 g/mol. The Hall–Kier alpha value is -2.95. The SMILES string of the molecule is CN(C)c1ccccc1-c1nnc(-c2ccccc2C=O)o1. The number of benzene rings is 2. The molecule has 1 aromatic heterocycles. The van der Waals surface area contributed by atoms with Crippen LogP contribution in [0.5, 0.6) is 0 Å².